The van der Waals surface area contributed by atoms with Gasteiger partial charge in [0.25, 0.3) is 0 Å². The molecular formula is C5H4NNa. The standard InChI is InChI=1S/C5H4N.Na/c1-2-4-6-5-3-1;/h1-4H;/q-1;+1. The molecule has 0 spiro atoms. The molecule has 1 heterocycles. The van der Waals surface area contributed by atoms with E-state index in [1.165, 1.54) is 0 Å². The Labute approximate surface area is 65.1 Å². The number of hydrogen-bond acceptors (Lipinski definition) is 1. The maximum atomic E-state index is 3.66. The molecule has 0 aliphatic rings. The van der Waals surface area contributed by atoms with E-state index in [0.717, 1.165) is 0 Å². The second kappa shape index (κ2) is 4.31. The van der Waals surface area contributed by atoms with Crippen LogP contribution in [0.5, 0.6) is 0 Å². The van der Waals surface area contributed by atoms with Crippen LogP contribution in [0, 0.1) is 6.20 Å². The largest absolute Gasteiger partial charge is 1.00 e. The van der Waals surface area contributed by atoms with Crippen molar-refractivity contribution in [2.75, 3.05) is 0 Å². The van der Waals surface area contributed by atoms with Crippen LogP contribution in [-0.4, -0.2) is 4.98 Å². The molecule has 0 unspecified atom stereocenters. The molecule has 1 nitrogen and oxygen atoms in total. The van der Waals surface area contributed by atoms with Crippen LogP contribution in [0.3, 0.4) is 0 Å². The van der Waals surface area contributed by atoms with Gasteiger partial charge in [-0.05, 0) is 0 Å². The normalized spacial score (nSPS) is 6.86. The summed E-state index contributed by atoms with van der Waals surface area (Å²) in [6.45, 7) is 0. The predicted octanol–water partition coefficient (Wildman–Crippen LogP) is -2.11. The van der Waals surface area contributed by atoms with Gasteiger partial charge in [0.05, 0.1) is 0 Å². The molecule has 0 aliphatic carbocycles. The van der Waals surface area contributed by atoms with Crippen LogP contribution < -0.4 is 29.6 Å². The molecule has 0 amide bonds. The quantitative estimate of drug-likeness (QED) is 0.269. The first-order valence-corrected chi connectivity index (χ1v) is 1.77. The van der Waals surface area contributed by atoms with Crippen molar-refractivity contribution in [1.82, 2.24) is 4.98 Å². The van der Waals surface area contributed by atoms with Crippen LogP contribution in [0.2, 0.25) is 0 Å². The van der Waals surface area contributed by atoms with Crippen molar-refractivity contribution in [2.45, 2.75) is 0 Å². The van der Waals surface area contributed by atoms with Crippen molar-refractivity contribution in [2.24, 2.45) is 0 Å². The summed E-state index contributed by atoms with van der Waals surface area (Å²) in [6.07, 6.45) is 4.34. The van der Waals surface area contributed by atoms with Crippen LogP contribution in [-0.2, 0) is 0 Å². The third-order valence-electron chi connectivity index (χ3n) is 0.517. The van der Waals surface area contributed by atoms with Crippen LogP contribution in [0.25, 0.3) is 0 Å². The third kappa shape index (κ3) is 2.80. The summed E-state index contributed by atoms with van der Waals surface area (Å²) in [5.41, 5.74) is 0. The fourth-order valence-corrected chi connectivity index (χ4v) is 0.277. The molecule has 0 bridgehead atoms. The van der Waals surface area contributed by atoms with Crippen LogP contribution in [0.15, 0.2) is 24.4 Å². The van der Waals surface area contributed by atoms with Crippen LogP contribution >= 0.6 is 0 Å². The molecule has 0 saturated carbocycles. The molecule has 0 aromatic carbocycles. The predicted molar refractivity (Wildman–Crippen MR) is 23.1 cm³/mol. The van der Waals surface area contributed by atoms with Gasteiger partial charge in [0.1, 0.15) is 0 Å². The Kier molecular flexibility index (Phi) is 4.41. The zero-order valence-electron chi connectivity index (χ0n) is 4.26. The fraction of sp³-hybridized carbons (Fsp3) is 0. The van der Waals surface area contributed by atoms with Crippen molar-refractivity contribution in [3.05, 3.63) is 30.6 Å². The van der Waals surface area contributed by atoms with E-state index in [9.17, 15) is 0 Å². The summed E-state index contributed by atoms with van der Waals surface area (Å²) < 4.78 is 0. The molecule has 2 heteroatoms. The Hall–Kier alpha value is 0.150. The minimum atomic E-state index is 0. The van der Waals surface area contributed by atoms with E-state index < -0.39 is 0 Å². The van der Waals surface area contributed by atoms with E-state index in [2.05, 4.69) is 11.2 Å². The second-order valence-electron chi connectivity index (χ2n) is 0.959. The van der Waals surface area contributed by atoms with Gasteiger partial charge in [-0.2, -0.15) is 18.2 Å². The summed E-state index contributed by atoms with van der Waals surface area (Å²) in [7, 11) is 0. The Bertz CT molecular complexity index is 80.0. The molecule has 0 atom stereocenters. The Morgan fingerprint density at radius 1 is 1.29 bits per heavy atom. The molecular weight excluding hydrogens is 97.1 g/mol. The second-order valence-corrected chi connectivity index (χ2v) is 0.959. The Morgan fingerprint density at radius 2 is 2.14 bits per heavy atom. The first kappa shape index (κ1) is 7.15. The summed E-state index contributed by atoms with van der Waals surface area (Å²) >= 11 is 0. The topological polar surface area (TPSA) is 12.9 Å². The van der Waals surface area contributed by atoms with E-state index in [1.807, 2.05) is 12.1 Å². The van der Waals surface area contributed by atoms with Gasteiger partial charge in [-0.15, -0.1) is 0 Å². The summed E-state index contributed by atoms with van der Waals surface area (Å²) in [4.78, 5) is 3.66. The van der Waals surface area contributed by atoms with Gasteiger partial charge in [-0.25, -0.2) is 0 Å². The molecule has 0 N–H and O–H groups in total. The summed E-state index contributed by atoms with van der Waals surface area (Å²) in [6, 6.07) is 5.50. The maximum Gasteiger partial charge on any atom is 1.00 e. The van der Waals surface area contributed by atoms with Gasteiger partial charge in [-0.3, -0.25) is 0 Å². The van der Waals surface area contributed by atoms with Gasteiger partial charge in [0.15, 0.2) is 0 Å². The van der Waals surface area contributed by atoms with Crippen molar-refractivity contribution >= 4 is 0 Å². The van der Waals surface area contributed by atoms with Crippen molar-refractivity contribution in [1.29, 1.82) is 0 Å². The van der Waals surface area contributed by atoms with E-state index in [4.69, 9.17) is 0 Å². The third-order valence-corrected chi connectivity index (χ3v) is 0.517. The first-order chi connectivity index (χ1) is 3.00. The minimum Gasteiger partial charge on any atom is -0.394 e. The summed E-state index contributed by atoms with van der Waals surface area (Å²) in [5.74, 6) is 0. The molecule has 1 aromatic rings. The molecule has 30 valence electrons. The number of hydrogen-bond donors (Lipinski definition) is 0. The van der Waals surface area contributed by atoms with Crippen LogP contribution in [0.1, 0.15) is 0 Å². The van der Waals surface area contributed by atoms with Gasteiger partial charge < -0.3 is 4.98 Å². The van der Waals surface area contributed by atoms with Gasteiger partial charge >= 0.3 is 29.6 Å². The smallest absolute Gasteiger partial charge is 0.394 e. The first-order valence-electron chi connectivity index (χ1n) is 1.77. The van der Waals surface area contributed by atoms with E-state index in [-0.39, 0.29) is 29.6 Å². The van der Waals surface area contributed by atoms with Gasteiger partial charge in [0.2, 0.25) is 0 Å². The number of pyridine rings is 1. The number of aromatic nitrogens is 1. The van der Waals surface area contributed by atoms with E-state index >= 15 is 0 Å². The molecule has 0 fully saturated rings. The fourth-order valence-electron chi connectivity index (χ4n) is 0.277. The van der Waals surface area contributed by atoms with E-state index in [1.54, 1.807) is 12.3 Å². The Morgan fingerprint density at radius 3 is 2.29 bits per heavy atom. The average Bonchev–Trinajstić information content (AvgIpc) is 1.72. The molecule has 0 saturated heterocycles. The maximum absolute atomic E-state index is 3.66. The van der Waals surface area contributed by atoms with Gasteiger partial charge in [-0.1, -0.05) is 12.4 Å². The monoisotopic (exact) mass is 101 g/mol. The summed E-state index contributed by atoms with van der Waals surface area (Å²) in [5, 5.41) is 0. The Balaban J connectivity index is 0.000000360. The number of nitrogens with zero attached hydrogens (tertiary/aromatic N) is 1. The van der Waals surface area contributed by atoms with E-state index in [0.29, 0.717) is 0 Å². The molecule has 0 radical (unpaired) electrons. The molecule has 1 aromatic heterocycles. The van der Waals surface area contributed by atoms with Crippen molar-refractivity contribution < 1.29 is 29.6 Å². The molecule has 1 rings (SSSR count). The van der Waals surface area contributed by atoms with Crippen molar-refractivity contribution in [3.63, 3.8) is 0 Å². The zero-order chi connectivity index (χ0) is 4.24. The average molecular weight is 101 g/mol. The zero-order valence-corrected chi connectivity index (χ0v) is 6.26. The number of rotatable bonds is 0. The molecule has 7 heavy (non-hydrogen) atoms. The van der Waals surface area contributed by atoms with Gasteiger partial charge in [0, 0.05) is 0 Å². The van der Waals surface area contributed by atoms with Crippen LogP contribution in [0.4, 0.5) is 0 Å². The minimum absolute atomic E-state index is 0. The molecule has 0 aliphatic heterocycles. The van der Waals surface area contributed by atoms with Crippen molar-refractivity contribution in [3.8, 4) is 0 Å². The SMILES string of the molecule is [Na+].[c-]1ccccn1.